The van der Waals surface area contributed by atoms with Crippen LogP contribution in [-0.2, 0) is 4.74 Å². The maximum Gasteiger partial charge on any atom is 0.255 e. The van der Waals surface area contributed by atoms with Gasteiger partial charge in [-0.3, -0.25) is 4.79 Å². The Morgan fingerprint density at radius 3 is 2.88 bits per heavy atom. The van der Waals surface area contributed by atoms with E-state index in [4.69, 9.17) is 16.3 Å². The largest absolute Gasteiger partial charge is 0.507 e. The van der Waals surface area contributed by atoms with E-state index in [0.717, 1.165) is 0 Å². The number of phenolic OH excluding ortho intramolecular Hbond substituents is 1. The number of amides is 1. The first-order chi connectivity index (χ1) is 8.04. The summed E-state index contributed by atoms with van der Waals surface area (Å²) in [5.41, 5.74) is 0.207. The van der Waals surface area contributed by atoms with Gasteiger partial charge in [0.1, 0.15) is 5.75 Å². The second-order valence-corrected chi connectivity index (χ2v) is 4.07. The molecule has 0 bridgehead atoms. The van der Waals surface area contributed by atoms with Crippen molar-refractivity contribution in [1.29, 1.82) is 0 Å². The second-order valence-electron chi connectivity index (χ2n) is 3.64. The number of hydrogen-bond donors (Lipinski definition) is 2. The highest BCUT2D eigenvalue weighted by atomic mass is 35.5. The van der Waals surface area contributed by atoms with Gasteiger partial charge in [0.15, 0.2) is 0 Å². The van der Waals surface area contributed by atoms with Crippen LogP contribution in [0.5, 0.6) is 5.75 Å². The molecule has 1 amide bonds. The van der Waals surface area contributed by atoms with Crippen LogP contribution in [0.15, 0.2) is 18.2 Å². The van der Waals surface area contributed by atoms with E-state index >= 15 is 0 Å². The van der Waals surface area contributed by atoms with Crippen LogP contribution in [0.25, 0.3) is 0 Å². The molecule has 1 rings (SSSR count). The molecule has 0 fully saturated rings. The zero-order chi connectivity index (χ0) is 12.8. The van der Waals surface area contributed by atoms with Crippen molar-refractivity contribution in [3.8, 4) is 5.75 Å². The monoisotopic (exact) mass is 257 g/mol. The van der Waals surface area contributed by atoms with Gasteiger partial charge < -0.3 is 15.2 Å². The average Bonchev–Trinajstić information content (AvgIpc) is 2.26. The van der Waals surface area contributed by atoms with E-state index in [1.54, 1.807) is 6.07 Å². The van der Waals surface area contributed by atoms with Gasteiger partial charge in [-0.15, -0.1) is 0 Å². The molecule has 0 radical (unpaired) electrons. The number of carbonyl (C=O) groups is 1. The van der Waals surface area contributed by atoms with Crippen LogP contribution in [0.1, 0.15) is 24.2 Å². The normalized spacial score (nSPS) is 12.2. The summed E-state index contributed by atoms with van der Waals surface area (Å²) in [5, 5.41) is 12.6. The third-order valence-electron chi connectivity index (χ3n) is 2.21. The molecule has 0 aliphatic heterocycles. The quantitative estimate of drug-likeness (QED) is 0.850. The van der Waals surface area contributed by atoms with E-state index in [1.807, 2.05) is 13.8 Å². The summed E-state index contributed by atoms with van der Waals surface area (Å²) < 4.78 is 5.28. The van der Waals surface area contributed by atoms with Crippen LogP contribution >= 0.6 is 11.6 Å². The molecule has 0 aliphatic rings. The van der Waals surface area contributed by atoms with Gasteiger partial charge in [0, 0.05) is 18.2 Å². The smallest absolute Gasteiger partial charge is 0.255 e. The first-order valence-corrected chi connectivity index (χ1v) is 5.80. The molecular formula is C12H16ClNO3. The summed E-state index contributed by atoms with van der Waals surface area (Å²) in [6, 6.07) is 4.38. The van der Waals surface area contributed by atoms with Crippen LogP contribution in [0.4, 0.5) is 0 Å². The summed E-state index contributed by atoms with van der Waals surface area (Å²) in [5.74, 6) is -0.468. The van der Waals surface area contributed by atoms with E-state index in [-0.39, 0.29) is 23.3 Å². The molecule has 1 unspecified atom stereocenters. The Morgan fingerprint density at radius 1 is 1.59 bits per heavy atom. The maximum atomic E-state index is 11.7. The summed E-state index contributed by atoms with van der Waals surface area (Å²) in [6.45, 7) is 4.76. The lowest BCUT2D eigenvalue weighted by Gasteiger charge is -2.13. The Hall–Kier alpha value is -1.26. The van der Waals surface area contributed by atoms with Crippen LogP contribution in [0.3, 0.4) is 0 Å². The zero-order valence-electron chi connectivity index (χ0n) is 9.87. The van der Waals surface area contributed by atoms with Gasteiger partial charge in [-0.05, 0) is 32.0 Å². The third kappa shape index (κ3) is 4.24. The number of carbonyl (C=O) groups excluding carboxylic acids is 1. The Bertz CT molecular complexity index is 395. The van der Waals surface area contributed by atoms with E-state index in [9.17, 15) is 9.90 Å². The Balaban J connectivity index is 2.58. The molecule has 1 aromatic carbocycles. The summed E-state index contributed by atoms with van der Waals surface area (Å²) in [6.07, 6.45) is -0.0570. The number of aromatic hydroxyl groups is 1. The van der Waals surface area contributed by atoms with Crippen molar-refractivity contribution in [3.63, 3.8) is 0 Å². The molecule has 1 aromatic rings. The van der Waals surface area contributed by atoms with Crippen molar-refractivity contribution in [2.75, 3.05) is 13.2 Å². The molecular weight excluding hydrogens is 242 g/mol. The number of benzene rings is 1. The molecule has 1 atom stereocenters. The van der Waals surface area contributed by atoms with E-state index in [2.05, 4.69) is 5.32 Å². The van der Waals surface area contributed by atoms with E-state index < -0.39 is 0 Å². The van der Waals surface area contributed by atoms with Crippen molar-refractivity contribution in [1.82, 2.24) is 5.32 Å². The Morgan fingerprint density at radius 2 is 2.29 bits per heavy atom. The molecule has 4 nitrogen and oxygen atoms in total. The predicted octanol–water partition coefficient (Wildman–Crippen LogP) is 2.20. The second kappa shape index (κ2) is 6.47. The van der Waals surface area contributed by atoms with Gasteiger partial charge in [0.05, 0.1) is 11.7 Å². The van der Waals surface area contributed by atoms with Gasteiger partial charge in [-0.2, -0.15) is 0 Å². The molecule has 0 saturated heterocycles. The van der Waals surface area contributed by atoms with Gasteiger partial charge in [0.25, 0.3) is 5.91 Å². The summed E-state index contributed by atoms with van der Waals surface area (Å²) in [4.78, 5) is 11.7. The molecule has 17 heavy (non-hydrogen) atoms. The highest BCUT2D eigenvalue weighted by Gasteiger charge is 2.12. The number of phenols is 1. The molecule has 0 aromatic heterocycles. The van der Waals surface area contributed by atoms with Crippen LogP contribution in [0, 0.1) is 0 Å². The fourth-order valence-corrected chi connectivity index (χ4v) is 1.54. The Labute approximate surface area is 106 Å². The first kappa shape index (κ1) is 13.8. The fraction of sp³-hybridized carbons (Fsp3) is 0.417. The highest BCUT2D eigenvalue weighted by Crippen LogP contribution is 2.21. The molecule has 0 saturated carbocycles. The van der Waals surface area contributed by atoms with Gasteiger partial charge in [0.2, 0.25) is 0 Å². The molecule has 5 heteroatoms. The standard InChI is InChI=1S/C12H16ClNO3/c1-3-17-8(2)7-14-12(16)10-5-4-9(13)6-11(10)15/h4-6,8,15H,3,7H2,1-2H3,(H,14,16). The minimum Gasteiger partial charge on any atom is -0.507 e. The van der Waals surface area contributed by atoms with Crippen molar-refractivity contribution in [3.05, 3.63) is 28.8 Å². The third-order valence-corrected chi connectivity index (χ3v) is 2.44. The van der Waals surface area contributed by atoms with Crippen molar-refractivity contribution < 1.29 is 14.6 Å². The zero-order valence-corrected chi connectivity index (χ0v) is 10.6. The summed E-state index contributed by atoms with van der Waals surface area (Å²) >= 11 is 5.68. The van der Waals surface area contributed by atoms with Crippen LogP contribution < -0.4 is 5.32 Å². The minimum atomic E-state index is -0.342. The fourth-order valence-electron chi connectivity index (χ4n) is 1.37. The number of rotatable bonds is 5. The average molecular weight is 258 g/mol. The molecule has 2 N–H and O–H groups in total. The van der Waals surface area contributed by atoms with E-state index in [0.29, 0.717) is 18.2 Å². The molecule has 0 spiro atoms. The van der Waals surface area contributed by atoms with Gasteiger partial charge in [-0.1, -0.05) is 11.6 Å². The highest BCUT2D eigenvalue weighted by molar-refractivity contribution is 6.30. The molecule has 94 valence electrons. The number of hydrogen-bond acceptors (Lipinski definition) is 3. The summed E-state index contributed by atoms with van der Waals surface area (Å²) in [7, 11) is 0. The van der Waals surface area contributed by atoms with Crippen molar-refractivity contribution in [2.45, 2.75) is 20.0 Å². The van der Waals surface area contributed by atoms with Gasteiger partial charge >= 0.3 is 0 Å². The number of nitrogens with one attached hydrogen (secondary N) is 1. The van der Waals surface area contributed by atoms with Crippen LogP contribution in [0.2, 0.25) is 5.02 Å². The van der Waals surface area contributed by atoms with Gasteiger partial charge in [-0.25, -0.2) is 0 Å². The lowest BCUT2D eigenvalue weighted by Crippen LogP contribution is -2.32. The maximum absolute atomic E-state index is 11.7. The molecule has 0 heterocycles. The lowest BCUT2D eigenvalue weighted by molar-refractivity contribution is 0.0694. The van der Waals surface area contributed by atoms with Crippen molar-refractivity contribution in [2.24, 2.45) is 0 Å². The first-order valence-electron chi connectivity index (χ1n) is 5.43. The lowest BCUT2D eigenvalue weighted by atomic mass is 10.2. The predicted molar refractivity (Wildman–Crippen MR) is 66.5 cm³/mol. The SMILES string of the molecule is CCOC(C)CNC(=O)c1ccc(Cl)cc1O. The number of halogens is 1. The molecule has 0 aliphatic carbocycles. The number of ether oxygens (including phenoxy) is 1. The topological polar surface area (TPSA) is 58.6 Å². The minimum absolute atomic E-state index is 0.0570. The van der Waals surface area contributed by atoms with E-state index in [1.165, 1.54) is 12.1 Å². The van der Waals surface area contributed by atoms with Crippen LogP contribution in [-0.4, -0.2) is 30.3 Å². The Kier molecular flexibility index (Phi) is 5.25. The van der Waals surface area contributed by atoms with Crippen molar-refractivity contribution >= 4 is 17.5 Å².